The summed E-state index contributed by atoms with van der Waals surface area (Å²) in [5.74, 6) is -0.254. The van der Waals surface area contributed by atoms with Crippen molar-refractivity contribution in [3.8, 4) is 5.75 Å². The van der Waals surface area contributed by atoms with Crippen LogP contribution in [0, 0.1) is 12.7 Å². The predicted molar refractivity (Wildman–Crippen MR) is 81.2 cm³/mol. The molecule has 20 heavy (non-hydrogen) atoms. The zero-order valence-electron chi connectivity index (χ0n) is 12.0. The maximum absolute atomic E-state index is 13.7. The SMILES string of the molecule is CCN(c1ccccc1C)c1cc(OC)c(F)cc1N. The van der Waals surface area contributed by atoms with Gasteiger partial charge in [0.2, 0.25) is 0 Å². The smallest absolute Gasteiger partial charge is 0.167 e. The first-order valence-corrected chi connectivity index (χ1v) is 6.54. The molecule has 0 heterocycles. The van der Waals surface area contributed by atoms with E-state index in [1.165, 1.54) is 13.2 Å². The Kier molecular flexibility index (Phi) is 4.13. The van der Waals surface area contributed by atoms with Gasteiger partial charge in [-0.1, -0.05) is 18.2 Å². The Morgan fingerprint density at radius 1 is 1.20 bits per heavy atom. The van der Waals surface area contributed by atoms with Crippen molar-refractivity contribution in [1.82, 2.24) is 0 Å². The highest BCUT2D eigenvalue weighted by Crippen LogP contribution is 2.36. The molecule has 2 N–H and O–H groups in total. The van der Waals surface area contributed by atoms with Gasteiger partial charge >= 0.3 is 0 Å². The Labute approximate surface area is 118 Å². The molecule has 0 bridgehead atoms. The van der Waals surface area contributed by atoms with Gasteiger partial charge in [-0.05, 0) is 25.5 Å². The second-order valence-electron chi connectivity index (χ2n) is 4.58. The van der Waals surface area contributed by atoms with Gasteiger partial charge in [-0.2, -0.15) is 0 Å². The minimum atomic E-state index is -0.449. The number of para-hydroxylation sites is 1. The van der Waals surface area contributed by atoms with Crippen LogP contribution in [0.1, 0.15) is 12.5 Å². The standard InChI is InChI=1S/C16H19FN2O/c1-4-19(14-8-6-5-7-11(14)2)15-10-16(20-3)12(17)9-13(15)18/h5-10H,4,18H2,1-3H3. The van der Waals surface area contributed by atoms with Crippen LogP contribution in [0.25, 0.3) is 0 Å². The van der Waals surface area contributed by atoms with Gasteiger partial charge in [0.1, 0.15) is 0 Å². The number of ether oxygens (including phenoxy) is 1. The van der Waals surface area contributed by atoms with Gasteiger partial charge in [0, 0.05) is 24.4 Å². The molecule has 0 radical (unpaired) electrons. The van der Waals surface area contributed by atoms with Gasteiger partial charge in [0.25, 0.3) is 0 Å². The third kappa shape index (κ3) is 2.54. The second-order valence-corrected chi connectivity index (χ2v) is 4.58. The lowest BCUT2D eigenvalue weighted by Crippen LogP contribution is -2.18. The van der Waals surface area contributed by atoms with Crippen molar-refractivity contribution in [1.29, 1.82) is 0 Å². The van der Waals surface area contributed by atoms with Gasteiger partial charge in [-0.25, -0.2) is 4.39 Å². The van der Waals surface area contributed by atoms with E-state index in [4.69, 9.17) is 10.5 Å². The second kappa shape index (κ2) is 5.82. The first-order valence-electron chi connectivity index (χ1n) is 6.54. The predicted octanol–water partition coefficient (Wildman–Crippen LogP) is 3.88. The molecule has 0 saturated carbocycles. The summed E-state index contributed by atoms with van der Waals surface area (Å²) in [5.41, 5.74) is 9.31. The van der Waals surface area contributed by atoms with E-state index >= 15 is 0 Å². The molecule has 0 amide bonds. The molecule has 106 valence electrons. The highest BCUT2D eigenvalue weighted by Gasteiger charge is 2.16. The number of benzene rings is 2. The first-order chi connectivity index (χ1) is 9.58. The highest BCUT2D eigenvalue weighted by molar-refractivity contribution is 5.77. The number of hydrogen-bond donors (Lipinski definition) is 1. The van der Waals surface area contributed by atoms with E-state index in [9.17, 15) is 4.39 Å². The van der Waals surface area contributed by atoms with Crippen LogP contribution in [0.5, 0.6) is 5.75 Å². The van der Waals surface area contributed by atoms with Crippen molar-refractivity contribution < 1.29 is 9.13 Å². The molecular formula is C16H19FN2O. The minimum absolute atomic E-state index is 0.196. The summed E-state index contributed by atoms with van der Waals surface area (Å²) in [6.07, 6.45) is 0. The Balaban J connectivity index is 2.55. The Bertz CT molecular complexity index is 613. The summed E-state index contributed by atoms with van der Waals surface area (Å²) in [7, 11) is 1.45. The highest BCUT2D eigenvalue weighted by atomic mass is 19.1. The minimum Gasteiger partial charge on any atom is -0.494 e. The van der Waals surface area contributed by atoms with Crippen LogP contribution in [0.3, 0.4) is 0 Å². The number of nitrogens with zero attached hydrogens (tertiary/aromatic N) is 1. The van der Waals surface area contributed by atoms with Crippen LogP contribution in [-0.4, -0.2) is 13.7 Å². The van der Waals surface area contributed by atoms with Crippen molar-refractivity contribution in [2.24, 2.45) is 0 Å². The van der Waals surface area contributed by atoms with Crippen molar-refractivity contribution in [2.75, 3.05) is 24.3 Å². The van der Waals surface area contributed by atoms with E-state index in [-0.39, 0.29) is 5.75 Å². The average molecular weight is 274 g/mol. The summed E-state index contributed by atoms with van der Waals surface area (Å²) in [6, 6.07) is 11.0. The number of nitrogens with two attached hydrogens (primary N) is 1. The molecule has 0 atom stereocenters. The van der Waals surface area contributed by atoms with Crippen molar-refractivity contribution in [2.45, 2.75) is 13.8 Å². The number of hydrogen-bond acceptors (Lipinski definition) is 3. The van der Waals surface area contributed by atoms with Gasteiger partial charge in [-0.15, -0.1) is 0 Å². The van der Waals surface area contributed by atoms with Gasteiger partial charge < -0.3 is 15.4 Å². The molecule has 0 unspecified atom stereocenters. The molecule has 2 rings (SSSR count). The molecule has 0 aliphatic heterocycles. The monoisotopic (exact) mass is 274 g/mol. The maximum Gasteiger partial charge on any atom is 0.167 e. The molecule has 0 saturated heterocycles. The number of halogens is 1. The number of methoxy groups -OCH3 is 1. The Hall–Kier alpha value is -2.23. The fraction of sp³-hybridized carbons (Fsp3) is 0.250. The average Bonchev–Trinajstić information content (AvgIpc) is 2.43. The first kappa shape index (κ1) is 14.2. The summed E-state index contributed by atoms with van der Waals surface area (Å²) in [6.45, 7) is 4.79. The molecular weight excluding hydrogens is 255 g/mol. The molecule has 3 nitrogen and oxygen atoms in total. The summed E-state index contributed by atoms with van der Waals surface area (Å²) < 4.78 is 18.7. The van der Waals surface area contributed by atoms with Crippen molar-refractivity contribution >= 4 is 17.1 Å². The van der Waals surface area contributed by atoms with Crippen LogP contribution in [0.15, 0.2) is 36.4 Å². The summed E-state index contributed by atoms with van der Waals surface area (Å²) in [4.78, 5) is 2.05. The molecule has 2 aromatic carbocycles. The van der Waals surface area contributed by atoms with E-state index in [2.05, 4.69) is 0 Å². The molecule has 4 heteroatoms. The Morgan fingerprint density at radius 2 is 1.90 bits per heavy atom. The molecule has 0 aliphatic rings. The summed E-state index contributed by atoms with van der Waals surface area (Å²) in [5, 5.41) is 0. The third-order valence-corrected chi connectivity index (χ3v) is 3.31. The quantitative estimate of drug-likeness (QED) is 0.860. The van der Waals surface area contributed by atoms with E-state index in [0.717, 1.165) is 23.5 Å². The van der Waals surface area contributed by atoms with Gasteiger partial charge in [0.15, 0.2) is 11.6 Å². The molecule has 2 aromatic rings. The molecule has 0 spiro atoms. The van der Waals surface area contributed by atoms with E-state index < -0.39 is 5.82 Å². The fourth-order valence-electron chi connectivity index (χ4n) is 2.28. The van der Waals surface area contributed by atoms with Crippen LogP contribution in [0.4, 0.5) is 21.5 Å². The third-order valence-electron chi connectivity index (χ3n) is 3.31. The lowest BCUT2D eigenvalue weighted by molar-refractivity contribution is 0.387. The zero-order chi connectivity index (χ0) is 14.7. The van der Waals surface area contributed by atoms with E-state index in [1.807, 2.05) is 43.0 Å². The molecule has 0 aromatic heterocycles. The van der Waals surface area contributed by atoms with Gasteiger partial charge in [-0.3, -0.25) is 0 Å². The van der Waals surface area contributed by atoms with E-state index in [1.54, 1.807) is 6.07 Å². The maximum atomic E-state index is 13.7. The van der Waals surface area contributed by atoms with Crippen LogP contribution >= 0.6 is 0 Å². The lowest BCUT2D eigenvalue weighted by atomic mass is 10.1. The van der Waals surface area contributed by atoms with Crippen molar-refractivity contribution in [3.05, 3.63) is 47.8 Å². The van der Waals surface area contributed by atoms with E-state index in [0.29, 0.717) is 5.69 Å². The van der Waals surface area contributed by atoms with Crippen LogP contribution < -0.4 is 15.4 Å². The normalized spacial score (nSPS) is 10.4. The number of anilines is 3. The number of nitrogen functional groups attached to an aromatic ring is 1. The Morgan fingerprint density at radius 3 is 2.50 bits per heavy atom. The largest absolute Gasteiger partial charge is 0.494 e. The number of rotatable bonds is 4. The van der Waals surface area contributed by atoms with Gasteiger partial charge in [0.05, 0.1) is 18.5 Å². The molecule has 0 aliphatic carbocycles. The topological polar surface area (TPSA) is 38.5 Å². The van der Waals surface area contributed by atoms with Crippen LogP contribution in [-0.2, 0) is 0 Å². The number of aryl methyl sites for hydroxylation is 1. The molecule has 0 fully saturated rings. The lowest BCUT2D eigenvalue weighted by Gasteiger charge is -2.27. The fourth-order valence-corrected chi connectivity index (χ4v) is 2.28. The van der Waals surface area contributed by atoms with Crippen molar-refractivity contribution in [3.63, 3.8) is 0 Å². The summed E-state index contributed by atoms with van der Waals surface area (Å²) >= 11 is 0. The van der Waals surface area contributed by atoms with Crippen LogP contribution in [0.2, 0.25) is 0 Å². The zero-order valence-corrected chi connectivity index (χ0v) is 12.0.